The molecule has 0 amide bonds. The minimum atomic E-state index is -1.96. The summed E-state index contributed by atoms with van der Waals surface area (Å²) in [5.74, 6) is -1.27. The van der Waals surface area contributed by atoms with Gasteiger partial charge in [0, 0.05) is 5.79 Å². The van der Waals surface area contributed by atoms with Gasteiger partial charge in [0.05, 0.1) is 19.9 Å². The fourth-order valence-electron chi connectivity index (χ4n) is 5.05. The number of benzene rings is 2. The average molecular weight is 491 g/mol. The molecule has 5 atom stereocenters. The van der Waals surface area contributed by atoms with Gasteiger partial charge >= 0.3 is 18.9 Å². The van der Waals surface area contributed by atoms with E-state index in [2.05, 4.69) is 96.5 Å². The van der Waals surface area contributed by atoms with Crippen LogP contribution in [0.3, 0.4) is 0 Å². The molecule has 0 spiro atoms. The second-order valence-corrected chi connectivity index (χ2v) is 21.7. The van der Waals surface area contributed by atoms with Crippen LogP contribution >= 0.6 is 0 Å². The second kappa shape index (κ2) is 11.2. The Balaban J connectivity index is 0.00000408. The molecular formula is C28H43LiO3Si2. The number of aryl methyl sites for hydroxylation is 1. The van der Waals surface area contributed by atoms with E-state index >= 15 is 0 Å². The van der Waals surface area contributed by atoms with Crippen LogP contribution in [-0.2, 0) is 27.8 Å². The number of hydrogen-bond donors (Lipinski definition) is 0. The second-order valence-electron chi connectivity index (χ2n) is 12.0. The van der Waals surface area contributed by atoms with Gasteiger partial charge in [-0.25, -0.2) is 0 Å². The van der Waals surface area contributed by atoms with Gasteiger partial charge in [-0.1, -0.05) is 88.9 Å². The molecule has 1 unspecified atom stereocenters. The van der Waals surface area contributed by atoms with E-state index in [1.54, 1.807) is 0 Å². The summed E-state index contributed by atoms with van der Waals surface area (Å²) in [6.45, 7) is 20.0. The smallest absolute Gasteiger partial charge is 0.823 e. The van der Waals surface area contributed by atoms with Gasteiger partial charge < -0.3 is 14.3 Å². The van der Waals surface area contributed by atoms with Crippen LogP contribution in [0.2, 0.25) is 39.3 Å². The van der Waals surface area contributed by atoms with Crippen LogP contribution in [0.15, 0.2) is 48.5 Å². The summed E-state index contributed by atoms with van der Waals surface area (Å²) in [5, 5.41) is 14.7. The van der Waals surface area contributed by atoms with E-state index in [-0.39, 0.29) is 30.5 Å². The van der Waals surface area contributed by atoms with Crippen LogP contribution in [0.5, 0.6) is 0 Å². The van der Waals surface area contributed by atoms with Gasteiger partial charge in [0.25, 0.3) is 0 Å². The van der Waals surface area contributed by atoms with Crippen molar-refractivity contribution in [2.24, 2.45) is 11.8 Å². The number of rotatable bonds is 7. The van der Waals surface area contributed by atoms with Crippen LogP contribution in [0.25, 0.3) is 0 Å². The van der Waals surface area contributed by atoms with E-state index < -0.39 is 28.3 Å². The summed E-state index contributed by atoms with van der Waals surface area (Å²) in [6, 6.07) is 16.9. The molecule has 0 aliphatic carbocycles. The fraction of sp³-hybridized carbons (Fsp3) is 0.571. The van der Waals surface area contributed by atoms with Crippen molar-refractivity contribution in [3.8, 4) is 0 Å². The van der Waals surface area contributed by atoms with Gasteiger partial charge in [-0.3, -0.25) is 0 Å². The van der Waals surface area contributed by atoms with Crippen molar-refractivity contribution in [3.05, 3.63) is 70.8 Å². The monoisotopic (exact) mass is 490 g/mol. The van der Waals surface area contributed by atoms with E-state index in [4.69, 9.17) is 9.16 Å². The van der Waals surface area contributed by atoms with Crippen LogP contribution in [0, 0.1) is 11.8 Å². The van der Waals surface area contributed by atoms with Gasteiger partial charge in [-0.15, -0.1) is 0 Å². The molecule has 1 aliphatic heterocycles. The van der Waals surface area contributed by atoms with Crippen LogP contribution in [0.1, 0.15) is 43.0 Å². The van der Waals surface area contributed by atoms with E-state index in [1.165, 1.54) is 11.1 Å². The van der Waals surface area contributed by atoms with Crippen LogP contribution in [0.4, 0.5) is 0 Å². The van der Waals surface area contributed by atoms with E-state index in [0.717, 1.165) is 18.4 Å². The first-order chi connectivity index (χ1) is 15.2. The molecular weight excluding hydrogens is 447 g/mol. The Labute approximate surface area is 222 Å². The molecule has 6 heteroatoms. The van der Waals surface area contributed by atoms with Crippen molar-refractivity contribution in [3.63, 3.8) is 0 Å². The molecule has 2 aromatic rings. The quantitative estimate of drug-likeness (QED) is 0.560. The average Bonchev–Trinajstić information content (AvgIpc) is 2.73. The molecule has 1 heterocycles. The Kier molecular flexibility index (Phi) is 9.72. The largest absolute Gasteiger partial charge is 1.00 e. The van der Waals surface area contributed by atoms with Gasteiger partial charge in [0.1, 0.15) is 0 Å². The van der Waals surface area contributed by atoms with Gasteiger partial charge in [-0.2, -0.15) is 0 Å². The first-order valence-corrected chi connectivity index (χ1v) is 19.5. The normalized spacial score (nSPS) is 27.8. The Morgan fingerprint density at radius 1 is 0.882 bits per heavy atom. The Morgan fingerprint density at radius 3 is 2.00 bits per heavy atom. The maximum atomic E-state index is 14.7. The molecule has 0 radical (unpaired) electrons. The summed E-state index contributed by atoms with van der Waals surface area (Å²) < 4.78 is 13.2. The molecule has 34 heavy (non-hydrogen) atoms. The Morgan fingerprint density at radius 2 is 1.47 bits per heavy atom. The third-order valence-electron chi connectivity index (χ3n) is 6.96. The Bertz CT molecular complexity index is 936. The minimum Gasteiger partial charge on any atom is -0.823 e. The van der Waals surface area contributed by atoms with E-state index in [0.29, 0.717) is 11.5 Å². The summed E-state index contributed by atoms with van der Waals surface area (Å²) in [4.78, 5) is 0. The predicted octanol–water partition coefficient (Wildman–Crippen LogP) is 3.13. The summed E-state index contributed by atoms with van der Waals surface area (Å²) in [5.41, 5.74) is 4.43. The SMILES string of the molecule is CCc1ccc(Cc2cccc(C3([O-])O[C@H]([Si](C)(C)C)[C@@H](C)[C@H](C)[C@H]3O[Si](C)(C)C)c2)cc1.[Li+]. The standard InChI is InChI=1S/C28H43O3Si2.Li/c1-10-22-14-16-23(17-15-22)18-24-12-11-13-25(19-24)28(29)26(31-33(7,8)9)20(2)21(3)27(30-28)32(4,5)6;/h11-17,19-21,26-27H,10,18H2,1-9H3;/q-1;+1/t20-,21-,26+,27+,28?;/m0./s1. The molecule has 0 aromatic heterocycles. The third kappa shape index (κ3) is 6.76. The molecule has 0 bridgehead atoms. The zero-order valence-corrected chi connectivity index (χ0v) is 25.1. The van der Waals surface area contributed by atoms with Gasteiger partial charge in [0.2, 0.25) is 0 Å². The molecule has 2 aromatic carbocycles. The maximum absolute atomic E-state index is 14.7. The summed E-state index contributed by atoms with van der Waals surface area (Å²) in [7, 11) is -3.68. The molecule has 1 fully saturated rings. The molecule has 3 rings (SSSR count). The fourth-order valence-corrected chi connectivity index (χ4v) is 8.59. The molecule has 182 valence electrons. The first kappa shape index (κ1) is 29.6. The van der Waals surface area contributed by atoms with Crippen molar-refractivity contribution < 1.29 is 33.1 Å². The zero-order chi connectivity index (χ0) is 24.6. The minimum absolute atomic E-state index is 0. The van der Waals surface area contributed by atoms with E-state index in [1.807, 2.05) is 12.1 Å². The maximum Gasteiger partial charge on any atom is 1.00 e. The van der Waals surface area contributed by atoms with Crippen molar-refractivity contribution in [2.45, 2.75) is 90.5 Å². The topological polar surface area (TPSA) is 41.5 Å². The summed E-state index contributed by atoms with van der Waals surface area (Å²) in [6.07, 6.45) is 1.35. The van der Waals surface area contributed by atoms with Gasteiger partial charge in [0.15, 0.2) is 8.32 Å². The molecule has 1 saturated heterocycles. The Hall–Kier alpha value is -0.649. The van der Waals surface area contributed by atoms with Crippen molar-refractivity contribution in [1.29, 1.82) is 0 Å². The first-order valence-electron chi connectivity index (χ1n) is 12.5. The molecule has 3 nitrogen and oxygen atoms in total. The van der Waals surface area contributed by atoms with Crippen molar-refractivity contribution >= 4 is 16.4 Å². The van der Waals surface area contributed by atoms with Gasteiger partial charge in [-0.05, 0) is 66.6 Å². The molecule has 1 aliphatic rings. The van der Waals surface area contributed by atoms with E-state index in [9.17, 15) is 5.11 Å². The van der Waals surface area contributed by atoms with Crippen molar-refractivity contribution in [1.82, 2.24) is 0 Å². The number of ether oxygens (including phenoxy) is 1. The van der Waals surface area contributed by atoms with Crippen LogP contribution in [-0.4, -0.2) is 28.2 Å². The summed E-state index contributed by atoms with van der Waals surface area (Å²) >= 11 is 0. The van der Waals surface area contributed by atoms with Crippen molar-refractivity contribution in [2.75, 3.05) is 0 Å². The molecule has 0 saturated carbocycles. The molecule has 0 N–H and O–H groups in total. The van der Waals surface area contributed by atoms with Crippen LogP contribution < -0.4 is 24.0 Å². The number of hydrogen-bond acceptors (Lipinski definition) is 3. The third-order valence-corrected chi connectivity index (χ3v) is 10.3. The zero-order valence-electron chi connectivity index (χ0n) is 23.1. The predicted molar refractivity (Wildman–Crippen MR) is 142 cm³/mol.